The zero-order valence-electron chi connectivity index (χ0n) is 14.4. The molecule has 6 nitrogen and oxygen atoms in total. The minimum absolute atomic E-state index is 0.0655. The Bertz CT molecular complexity index is 617. The maximum absolute atomic E-state index is 12.3. The number of hydrogen-bond donors (Lipinski definition) is 4. The van der Waals surface area contributed by atoms with E-state index in [1.54, 1.807) is 30.3 Å². The summed E-state index contributed by atoms with van der Waals surface area (Å²) in [5, 5.41) is 11.9. The fourth-order valence-electron chi connectivity index (χ4n) is 3.79. The van der Waals surface area contributed by atoms with Crippen LogP contribution in [0.4, 0.5) is 16.2 Å². The van der Waals surface area contributed by atoms with Crippen LogP contribution in [0.25, 0.3) is 0 Å². The number of hydrogen-bond acceptors (Lipinski definition) is 3. The van der Waals surface area contributed by atoms with Gasteiger partial charge in [-0.1, -0.05) is 6.08 Å². The zero-order valence-corrected chi connectivity index (χ0v) is 14.4. The Hall–Kier alpha value is -2.34. The van der Waals surface area contributed by atoms with Gasteiger partial charge >= 0.3 is 6.03 Å². The maximum Gasteiger partial charge on any atom is 0.319 e. The fraction of sp³-hybridized carbons (Fsp3) is 0.474. The van der Waals surface area contributed by atoms with Crippen LogP contribution in [0.15, 0.2) is 36.9 Å². The number of urea groups is 1. The Morgan fingerprint density at radius 1 is 1.08 bits per heavy atom. The third-order valence-electron chi connectivity index (χ3n) is 4.88. The predicted octanol–water partition coefficient (Wildman–Crippen LogP) is 2.85. The number of amides is 3. The fourth-order valence-corrected chi connectivity index (χ4v) is 3.79. The van der Waals surface area contributed by atoms with Crippen molar-refractivity contribution in [1.29, 1.82) is 0 Å². The van der Waals surface area contributed by atoms with E-state index >= 15 is 0 Å². The molecule has 134 valence electrons. The summed E-state index contributed by atoms with van der Waals surface area (Å²) >= 11 is 0. The molecule has 1 aromatic carbocycles. The van der Waals surface area contributed by atoms with Gasteiger partial charge in [0.1, 0.15) is 0 Å². The van der Waals surface area contributed by atoms with Crippen LogP contribution in [0.2, 0.25) is 0 Å². The number of nitrogens with one attached hydrogen (secondary N) is 4. The van der Waals surface area contributed by atoms with Crippen molar-refractivity contribution in [3.8, 4) is 0 Å². The average molecular weight is 342 g/mol. The summed E-state index contributed by atoms with van der Waals surface area (Å²) < 4.78 is 0. The van der Waals surface area contributed by atoms with Crippen molar-refractivity contribution in [1.82, 2.24) is 10.6 Å². The van der Waals surface area contributed by atoms with E-state index in [0.29, 0.717) is 36.7 Å². The lowest BCUT2D eigenvalue weighted by atomic mass is 9.89. The molecule has 2 unspecified atom stereocenters. The standard InChI is InChI=1S/C19H26N4O2/c1-2-9-20-19(25)23-15-5-3-14(4-6-15)22-18(24)12-13-10-16-7-8-17(11-13)21-16/h2-6,13,16-17,21H,1,7-12H2,(H,22,24)(H2,20,23,25). The van der Waals surface area contributed by atoms with Crippen LogP contribution < -0.4 is 21.3 Å². The molecule has 4 N–H and O–H groups in total. The van der Waals surface area contributed by atoms with Gasteiger partial charge < -0.3 is 21.3 Å². The molecule has 0 saturated carbocycles. The van der Waals surface area contributed by atoms with Crippen molar-refractivity contribution in [3.63, 3.8) is 0 Å². The molecule has 1 aromatic rings. The first-order valence-electron chi connectivity index (χ1n) is 8.94. The van der Waals surface area contributed by atoms with Gasteiger partial charge in [0, 0.05) is 36.4 Å². The number of fused-ring (bicyclic) bond motifs is 2. The van der Waals surface area contributed by atoms with E-state index in [4.69, 9.17) is 0 Å². The lowest BCUT2D eigenvalue weighted by molar-refractivity contribution is -0.117. The van der Waals surface area contributed by atoms with E-state index in [9.17, 15) is 9.59 Å². The summed E-state index contributed by atoms with van der Waals surface area (Å²) in [4.78, 5) is 23.8. The van der Waals surface area contributed by atoms with Crippen molar-refractivity contribution < 1.29 is 9.59 Å². The molecule has 0 aliphatic carbocycles. The third-order valence-corrected chi connectivity index (χ3v) is 4.88. The van der Waals surface area contributed by atoms with Crippen LogP contribution in [-0.2, 0) is 4.79 Å². The molecule has 2 fully saturated rings. The molecule has 2 aliphatic rings. The topological polar surface area (TPSA) is 82.3 Å². The van der Waals surface area contributed by atoms with Crippen molar-refractivity contribution >= 4 is 23.3 Å². The molecule has 6 heteroatoms. The molecule has 3 rings (SSSR count). The second kappa shape index (κ2) is 8.16. The van der Waals surface area contributed by atoms with E-state index in [1.165, 1.54) is 12.8 Å². The van der Waals surface area contributed by atoms with Crippen molar-refractivity contribution in [3.05, 3.63) is 36.9 Å². The number of rotatable bonds is 6. The van der Waals surface area contributed by atoms with Gasteiger partial charge in [0.2, 0.25) is 5.91 Å². The summed E-state index contributed by atoms with van der Waals surface area (Å²) in [7, 11) is 0. The minimum Gasteiger partial charge on any atom is -0.334 e. The first-order chi connectivity index (χ1) is 12.1. The van der Waals surface area contributed by atoms with Crippen LogP contribution in [0.5, 0.6) is 0 Å². The Labute approximate surface area is 148 Å². The smallest absolute Gasteiger partial charge is 0.319 e. The summed E-state index contributed by atoms with van der Waals surface area (Å²) in [5.41, 5.74) is 1.42. The molecule has 0 aromatic heterocycles. The Morgan fingerprint density at radius 3 is 2.28 bits per heavy atom. The second-order valence-electron chi connectivity index (χ2n) is 6.93. The highest BCUT2D eigenvalue weighted by molar-refractivity contribution is 5.92. The predicted molar refractivity (Wildman–Crippen MR) is 99.6 cm³/mol. The summed E-state index contributed by atoms with van der Waals surface area (Å²) in [6.45, 7) is 3.96. The SMILES string of the molecule is C=CCNC(=O)Nc1ccc(NC(=O)CC2CC3CCC(C2)N3)cc1. The maximum atomic E-state index is 12.3. The molecule has 0 spiro atoms. The second-order valence-corrected chi connectivity index (χ2v) is 6.93. The summed E-state index contributed by atoms with van der Waals surface area (Å²) in [5.74, 6) is 0.545. The Balaban J connectivity index is 1.45. The molecule has 2 aliphatic heterocycles. The monoisotopic (exact) mass is 342 g/mol. The summed E-state index contributed by atoms with van der Waals surface area (Å²) in [6, 6.07) is 8.07. The van der Waals surface area contributed by atoms with E-state index in [2.05, 4.69) is 27.8 Å². The van der Waals surface area contributed by atoms with Gasteiger partial charge in [0.25, 0.3) is 0 Å². The molecule has 0 radical (unpaired) electrons. The minimum atomic E-state index is -0.280. The molecule has 2 bridgehead atoms. The van der Waals surface area contributed by atoms with Gasteiger partial charge in [-0.25, -0.2) is 4.79 Å². The molecule has 2 atom stereocenters. The van der Waals surface area contributed by atoms with Crippen molar-refractivity contribution in [2.24, 2.45) is 5.92 Å². The molecule has 2 saturated heterocycles. The number of carbonyl (C=O) groups excluding carboxylic acids is 2. The highest BCUT2D eigenvalue weighted by Crippen LogP contribution is 2.32. The average Bonchev–Trinajstić information content (AvgIpc) is 2.93. The number of anilines is 2. The van der Waals surface area contributed by atoms with Crippen LogP contribution in [0, 0.1) is 5.92 Å². The normalized spacial score (nSPS) is 24.4. The van der Waals surface area contributed by atoms with Gasteiger partial charge in [0.15, 0.2) is 0 Å². The molecular formula is C19H26N4O2. The lowest BCUT2D eigenvalue weighted by Crippen LogP contribution is -2.39. The molecular weight excluding hydrogens is 316 g/mol. The van der Waals surface area contributed by atoms with Crippen molar-refractivity contribution in [2.45, 2.75) is 44.2 Å². The van der Waals surface area contributed by atoms with Crippen molar-refractivity contribution in [2.75, 3.05) is 17.2 Å². The van der Waals surface area contributed by atoms with Gasteiger partial charge in [-0.2, -0.15) is 0 Å². The first kappa shape index (κ1) is 17.5. The first-order valence-corrected chi connectivity index (χ1v) is 8.94. The Kier molecular flexibility index (Phi) is 5.71. The Morgan fingerprint density at radius 2 is 1.68 bits per heavy atom. The highest BCUT2D eigenvalue weighted by Gasteiger charge is 2.34. The number of piperidine rings is 1. The quantitative estimate of drug-likeness (QED) is 0.600. The van der Waals surface area contributed by atoms with Crippen LogP contribution in [0.1, 0.15) is 32.1 Å². The van der Waals surface area contributed by atoms with Crippen LogP contribution >= 0.6 is 0 Å². The van der Waals surface area contributed by atoms with Gasteiger partial charge in [-0.05, 0) is 55.9 Å². The van der Waals surface area contributed by atoms with Crippen LogP contribution in [-0.4, -0.2) is 30.6 Å². The van der Waals surface area contributed by atoms with Crippen LogP contribution in [0.3, 0.4) is 0 Å². The number of benzene rings is 1. The van der Waals surface area contributed by atoms with Gasteiger partial charge in [-0.15, -0.1) is 6.58 Å². The highest BCUT2D eigenvalue weighted by atomic mass is 16.2. The largest absolute Gasteiger partial charge is 0.334 e. The molecule has 25 heavy (non-hydrogen) atoms. The molecule has 2 heterocycles. The van der Waals surface area contributed by atoms with E-state index in [1.807, 2.05) is 0 Å². The third kappa shape index (κ3) is 5.06. The van der Waals surface area contributed by atoms with Gasteiger partial charge in [-0.3, -0.25) is 4.79 Å². The zero-order chi connectivity index (χ0) is 17.6. The summed E-state index contributed by atoms with van der Waals surface area (Å²) in [6.07, 6.45) is 6.90. The molecule has 3 amide bonds. The van der Waals surface area contributed by atoms with E-state index in [-0.39, 0.29) is 11.9 Å². The van der Waals surface area contributed by atoms with E-state index in [0.717, 1.165) is 18.5 Å². The number of carbonyl (C=O) groups is 2. The van der Waals surface area contributed by atoms with E-state index < -0.39 is 0 Å². The van der Waals surface area contributed by atoms with Gasteiger partial charge in [0.05, 0.1) is 0 Å². The lowest BCUT2D eigenvalue weighted by Gasteiger charge is -2.28.